The normalized spacial score (nSPS) is 17.9. The highest BCUT2D eigenvalue weighted by molar-refractivity contribution is 6.20. The average Bonchev–Trinajstić information content (AvgIpc) is 2.63. The van der Waals surface area contributed by atoms with Crippen LogP contribution in [-0.4, -0.2) is 22.8 Å². The molecule has 20 heavy (non-hydrogen) atoms. The van der Waals surface area contributed by atoms with Crippen molar-refractivity contribution in [2.45, 2.75) is 32.1 Å². The van der Waals surface area contributed by atoms with Gasteiger partial charge in [0.25, 0.3) is 11.8 Å². The molecule has 3 rings (SSSR count). The predicted octanol–water partition coefficient (Wildman–Crippen LogP) is 2.32. The first-order valence-electron chi connectivity index (χ1n) is 6.85. The molecular weight excluding hydrogens is 258 g/mol. The molecule has 1 aromatic rings. The van der Waals surface area contributed by atoms with Crippen molar-refractivity contribution in [1.29, 1.82) is 0 Å². The van der Waals surface area contributed by atoms with Crippen LogP contribution >= 0.6 is 0 Å². The number of hydrogen-bond donors (Lipinski definition) is 0. The molecule has 1 fully saturated rings. The number of rotatable bonds is 4. The molecule has 1 saturated carbocycles. The zero-order chi connectivity index (χ0) is 14.1. The van der Waals surface area contributed by atoms with Crippen LogP contribution in [0.15, 0.2) is 24.3 Å². The Bertz CT molecular complexity index is 542. The first kappa shape index (κ1) is 12.8. The lowest BCUT2D eigenvalue weighted by atomic mass is 9.82. The number of hydrogen-bond acceptors (Lipinski definition) is 4. The summed E-state index contributed by atoms with van der Waals surface area (Å²) in [5.74, 6) is -1.07. The molecule has 0 spiro atoms. The maximum atomic E-state index is 12.0. The number of fused-ring (bicyclic) bond motifs is 1. The summed E-state index contributed by atoms with van der Waals surface area (Å²) in [6.07, 6.45) is 4.54. The Labute approximate surface area is 116 Å². The van der Waals surface area contributed by atoms with Crippen molar-refractivity contribution in [2.75, 3.05) is 0 Å². The van der Waals surface area contributed by atoms with Gasteiger partial charge in [-0.3, -0.25) is 9.59 Å². The molecule has 1 aliphatic carbocycles. The van der Waals surface area contributed by atoms with Gasteiger partial charge in [-0.1, -0.05) is 36.5 Å². The van der Waals surface area contributed by atoms with E-state index in [1.54, 1.807) is 24.3 Å². The van der Waals surface area contributed by atoms with E-state index in [1.807, 2.05) is 0 Å². The second-order valence-electron chi connectivity index (χ2n) is 5.25. The van der Waals surface area contributed by atoms with Gasteiger partial charge in [0.05, 0.1) is 11.1 Å². The van der Waals surface area contributed by atoms with Gasteiger partial charge in [0.2, 0.25) is 0 Å². The van der Waals surface area contributed by atoms with E-state index in [0.717, 1.165) is 19.3 Å². The first-order valence-corrected chi connectivity index (χ1v) is 6.85. The fraction of sp³-hybridized carbons (Fsp3) is 0.400. The van der Waals surface area contributed by atoms with Crippen LogP contribution in [0.1, 0.15) is 52.8 Å². The van der Waals surface area contributed by atoms with Crippen molar-refractivity contribution < 1.29 is 19.2 Å². The quantitative estimate of drug-likeness (QED) is 0.790. The lowest BCUT2D eigenvalue weighted by molar-refractivity contribution is -0.169. The number of nitrogens with zero attached hydrogens (tertiary/aromatic N) is 1. The van der Waals surface area contributed by atoms with Crippen molar-refractivity contribution in [3.8, 4) is 0 Å². The summed E-state index contributed by atoms with van der Waals surface area (Å²) in [6, 6.07) is 6.45. The minimum atomic E-state index is -0.567. The monoisotopic (exact) mass is 273 g/mol. The largest absolute Gasteiger partial charge is 0.333 e. The second kappa shape index (κ2) is 5.07. The Morgan fingerprint density at radius 1 is 1.15 bits per heavy atom. The Hall–Kier alpha value is -2.17. The molecule has 0 aromatic heterocycles. The lowest BCUT2D eigenvalue weighted by Crippen LogP contribution is -2.32. The summed E-state index contributed by atoms with van der Waals surface area (Å²) < 4.78 is 0. The van der Waals surface area contributed by atoms with Crippen LogP contribution in [0, 0.1) is 5.92 Å². The second-order valence-corrected chi connectivity index (χ2v) is 5.25. The molecule has 1 aliphatic heterocycles. The van der Waals surface area contributed by atoms with Gasteiger partial charge in [0, 0.05) is 6.42 Å². The SMILES string of the molecule is O=C(CCC1CCC1)ON1C(=O)c2ccccc2C1=O. The first-order chi connectivity index (χ1) is 9.66. The van der Waals surface area contributed by atoms with Crippen LogP contribution in [-0.2, 0) is 9.63 Å². The number of hydroxylamine groups is 2. The average molecular weight is 273 g/mol. The van der Waals surface area contributed by atoms with Crippen LogP contribution in [0.2, 0.25) is 0 Å². The fourth-order valence-electron chi connectivity index (χ4n) is 2.50. The van der Waals surface area contributed by atoms with E-state index in [1.165, 1.54) is 6.42 Å². The van der Waals surface area contributed by atoms with Crippen molar-refractivity contribution in [2.24, 2.45) is 5.92 Å². The number of carbonyl (C=O) groups is 3. The molecule has 1 heterocycles. The van der Waals surface area contributed by atoms with Gasteiger partial charge in [-0.2, -0.15) is 0 Å². The molecule has 0 N–H and O–H groups in total. The predicted molar refractivity (Wildman–Crippen MR) is 69.6 cm³/mol. The summed E-state index contributed by atoms with van der Waals surface area (Å²) in [4.78, 5) is 40.6. The third-order valence-corrected chi connectivity index (χ3v) is 3.93. The summed E-state index contributed by atoms with van der Waals surface area (Å²) in [7, 11) is 0. The molecule has 5 heteroatoms. The Morgan fingerprint density at radius 3 is 2.25 bits per heavy atom. The molecule has 0 atom stereocenters. The van der Waals surface area contributed by atoms with Gasteiger partial charge >= 0.3 is 5.97 Å². The van der Waals surface area contributed by atoms with Gasteiger partial charge in [-0.25, -0.2) is 4.79 Å². The van der Waals surface area contributed by atoms with Crippen molar-refractivity contribution >= 4 is 17.8 Å². The smallest absolute Gasteiger partial charge is 0.330 e. The van der Waals surface area contributed by atoms with E-state index in [-0.39, 0.29) is 17.5 Å². The molecule has 0 unspecified atom stereocenters. The number of carbonyl (C=O) groups excluding carboxylic acids is 3. The zero-order valence-electron chi connectivity index (χ0n) is 11.0. The van der Waals surface area contributed by atoms with E-state index >= 15 is 0 Å². The molecular formula is C15H15NO4. The van der Waals surface area contributed by atoms with Crippen LogP contribution < -0.4 is 0 Å². The number of amides is 2. The fourth-order valence-corrected chi connectivity index (χ4v) is 2.50. The summed E-state index contributed by atoms with van der Waals surface area (Å²) in [6.45, 7) is 0. The van der Waals surface area contributed by atoms with E-state index in [4.69, 9.17) is 4.84 Å². The van der Waals surface area contributed by atoms with Gasteiger partial charge in [0.1, 0.15) is 0 Å². The minimum Gasteiger partial charge on any atom is -0.330 e. The van der Waals surface area contributed by atoms with Gasteiger partial charge in [0.15, 0.2) is 0 Å². The maximum Gasteiger partial charge on any atom is 0.333 e. The topological polar surface area (TPSA) is 63.7 Å². The molecule has 0 radical (unpaired) electrons. The summed E-state index contributed by atoms with van der Waals surface area (Å²) >= 11 is 0. The highest BCUT2D eigenvalue weighted by atomic mass is 16.7. The van der Waals surface area contributed by atoms with Crippen LogP contribution in [0.25, 0.3) is 0 Å². The molecule has 2 aliphatic rings. The van der Waals surface area contributed by atoms with E-state index < -0.39 is 17.8 Å². The maximum absolute atomic E-state index is 12.0. The third kappa shape index (κ3) is 2.19. The molecule has 2 amide bonds. The molecule has 104 valence electrons. The molecule has 0 bridgehead atoms. The number of benzene rings is 1. The van der Waals surface area contributed by atoms with Crippen molar-refractivity contribution in [3.05, 3.63) is 35.4 Å². The van der Waals surface area contributed by atoms with Crippen LogP contribution in [0.5, 0.6) is 0 Å². The number of imide groups is 1. The van der Waals surface area contributed by atoms with Gasteiger partial charge in [-0.05, 0) is 24.5 Å². The van der Waals surface area contributed by atoms with E-state index in [0.29, 0.717) is 11.0 Å². The summed E-state index contributed by atoms with van der Waals surface area (Å²) in [5.41, 5.74) is 0.564. The van der Waals surface area contributed by atoms with E-state index in [2.05, 4.69) is 0 Å². The van der Waals surface area contributed by atoms with Gasteiger partial charge in [-0.15, -0.1) is 0 Å². The van der Waals surface area contributed by atoms with Crippen LogP contribution in [0.3, 0.4) is 0 Å². The van der Waals surface area contributed by atoms with Gasteiger partial charge < -0.3 is 4.84 Å². The minimum absolute atomic E-state index is 0.248. The Morgan fingerprint density at radius 2 is 1.75 bits per heavy atom. The Balaban J connectivity index is 1.62. The molecule has 1 aromatic carbocycles. The summed E-state index contributed by atoms with van der Waals surface area (Å²) in [5, 5.41) is 0.577. The molecule has 0 saturated heterocycles. The zero-order valence-corrected chi connectivity index (χ0v) is 11.0. The van der Waals surface area contributed by atoms with Crippen molar-refractivity contribution in [1.82, 2.24) is 5.06 Å². The lowest BCUT2D eigenvalue weighted by Gasteiger charge is -2.24. The standard InChI is InChI=1S/C15H15NO4/c17-13(9-8-10-4-3-5-10)20-16-14(18)11-6-1-2-7-12(11)15(16)19/h1-2,6-7,10H,3-5,8-9H2. The van der Waals surface area contributed by atoms with E-state index in [9.17, 15) is 14.4 Å². The van der Waals surface area contributed by atoms with Crippen molar-refractivity contribution in [3.63, 3.8) is 0 Å². The highest BCUT2D eigenvalue weighted by Crippen LogP contribution is 2.30. The third-order valence-electron chi connectivity index (χ3n) is 3.93. The molecule has 5 nitrogen and oxygen atoms in total. The van der Waals surface area contributed by atoms with Crippen LogP contribution in [0.4, 0.5) is 0 Å². The highest BCUT2D eigenvalue weighted by Gasteiger charge is 2.38. The Kier molecular flexibility index (Phi) is 3.26.